The Hall–Kier alpha value is -2.67. The Labute approximate surface area is 160 Å². The fourth-order valence-electron chi connectivity index (χ4n) is 2.64. The van der Waals surface area contributed by atoms with Crippen molar-refractivity contribution in [1.29, 1.82) is 0 Å². The summed E-state index contributed by atoms with van der Waals surface area (Å²) in [6, 6.07) is 14.7. The zero-order chi connectivity index (χ0) is 19.2. The van der Waals surface area contributed by atoms with Crippen molar-refractivity contribution in [2.24, 2.45) is 0 Å². The Balaban J connectivity index is 1.81. The summed E-state index contributed by atoms with van der Waals surface area (Å²) in [7, 11) is 0. The van der Waals surface area contributed by atoms with Crippen LogP contribution in [0.2, 0.25) is 0 Å². The van der Waals surface area contributed by atoms with Gasteiger partial charge >= 0.3 is 6.61 Å². The molecule has 0 bridgehead atoms. The topological polar surface area (TPSA) is 39.9 Å². The first-order chi connectivity index (χ1) is 13.1. The molecule has 0 aliphatic carbocycles. The maximum absolute atomic E-state index is 12.3. The molecule has 0 spiro atoms. The Morgan fingerprint density at radius 3 is 2.63 bits per heavy atom. The molecule has 27 heavy (non-hydrogen) atoms. The summed E-state index contributed by atoms with van der Waals surface area (Å²) in [4.78, 5) is 0. The molecule has 0 aliphatic rings. The Morgan fingerprint density at radius 1 is 1.19 bits per heavy atom. The van der Waals surface area contributed by atoms with E-state index in [1.54, 1.807) is 30.0 Å². The number of aryl methyl sites for hydroxylation is 1. The maximum Gasteiger partial charge on any atom is 0.387 e. The molecule has 0 fully saturated rings. The molecule has 0 atom stereocenters. The largest absolute Gasteiger partial charge is 0.435 e. The molecule has 2 aromatic carbocycles. The lowest BCUT2D eigenvalue weighted by Crippen LogP contribution is -2.02. The number of rotatable bonds is 8. The van der Waals surface area contributed by atoms with E-state index < -0.39 is 6.61 Å². The molecule has 4 nitrogen and oxygen atoms in total. The maximum atomic E-state index is 12.3. The van der Waals surface area contributed by atoms with Crippen LogP contribution in [-0.2, 0) is 12.3 Å². The number of allylic oxidation sites excluding steroid dienone is 1. The number of ether oxygens (including phenoxy) is 1. The van der Waals surface area contributed by atoms with Crippen molar-refractivity contribution in [2.45, 2.75) is 31.0 Å². The third-order valence-corrected chi connectivity index (χ3v) is 4.85. The van der Waals surface area contributed by atoms with Crippen LogP contribution in [0.1, 0.15) is 11.1 Å². The molecule has 3 rings (SSSR count). The number of aromatic nitrogens is 3. The molecule has 0 aliphatic heterocycles. The second kappa shape index (κ2) is 8.81. The summed E-state index contributed by atoms with van der Waals surface area (Å²) in [5.74, 6) is 1.54. The van der Waals surface area contributed by atoms with Crippen molar-refractivity contribution < 1.29 is 13.5 Å². The van der Waals surface area contributed by atoms with Gasteiger partial charge in [-0.25, -0.2) is 0 Å². The lowest BCUT2D eigenvalue weighted by atomic mass is 10.2. The Bertz CT molecular complexity index is 910. The predicted octanol–water partition coefficient (Wildman–Crippen LogP) is 5.33. The molecule has 0 saturated carbocycles. The number of hydrogen-bond donors (Lipinski definition) is 0. The van der Waals surface area contributed by atoms with Crippen LogP contribution >= 0.6 is 11.8 Å². The highest BCUT2D eigenvalue weighted by Crippen LogP contribution is 2.28. The molecular weight excluding hydrogens is 368 g/mol. The van der Waals surface area contributed by atoms with E-state index in [1.807, 2.05) is 10.6 Å². The van der Waals surface area contributed by atoms with E-state index in [1.165, 1.54) is 23.3 Å². The highest BCUT2D eigenvalue weighted by molar-refractivity contribution is 7.98. The molecule has 1 aromatic heterocycles. The second-order valence-electron chi connectivity index (χ2n) is 5.89. The van der Waals surface area contributed by atoms with E-state index in [-0.39, 0.29) is 5.75 Å². The average molecular weight is 387 g/mol. The molecule has 0 saturated heterocycles. The van der Waals surface area contributed by atoms with Gasteiger partial charge in [0.1, 0.15) is 5.75 Å². The number of halogens is 2. The van der Waals surface area contributed by atoms with Crippen molar-refractivity contribution in [3.05, 3.63) is 72.3 Å². The van der Waals surface area contributed by atoms with E-state index >= 15 is 0 Å². The molecular formula is C20H19F2N3OS. The van der Waals surface area contributed by atoms with E-state index in [0.717, 1.165) is 16.5 Å². The summed E-state index contributed by atoms with van der Waals surface area (Å²) in [6.07, 6.45) is 1.78. The summed E-state index contributed by atoms with van der Waals surface area (Å²) in [5, 5.41) is 9.35. The van der Waals surface area contributed by atoms with Crippen LogP contribution in [0.4, 0.5) is 8.78 Å². The van der Waals surface area contributed by atoms with E-state index in [2.05, 4.69) is 46.6 Å². The lowest BCUT2D eigenvalue weighted by Gasteiger charge is -2.09. The highest BCUT2D eigenvalue weighted by Gasteiger charge is 2.14. The molecule has 0 amide bonds. The molecule has 0 radical (unpaired) electrons. The Morgan fingerprint density at radius 2 is 1.96 bits per heavy atom. The van der Waals surface area contributed by atoms with Gasteiger partial charge in [0, 0.05) is 17.9 Å². The van der Waals surface area contributed by atoms with Crippen molar-refractivity contribution >= 4 is 11.8 Å². The lowest BCUT2D eigenvalue weighted by molar-refractivity contribution is -0.0498. The Kier molecular flexibility index (Phi) is 6.24. The van der Waals surface area contributed by atoms with Crippen LogP contribution in [0.5, 0.6) is 5.75 Å². The van der Waals surface area contributed by atoms with Crippen molar-refractivity contribution in [3.63, 3.8) is 0 Å². The van der Waals surface area contributed by atoms with Crippen LogP contribution in [0.25, 0.3) is 11.4 Å². The van der Waals surface area contributed by atoms with Crippen LogP contribution < -0.4 is 4.74 Å². The van der Waals surface area contributed by atoms with Gasteiger partial charge in [0.15, 0.2) is 11.0 Å². The fourth-order valence-corrected chi connectivity index (χ4v) is 3.53. The van der Waals surface area contributed by atoms with Crippen LogP contribution in [0.3, 0.4) is 0 Å². The first-order valence-electron chi connectivity index (χ1n) is 8.34. The van der Waals surface area contributed by atoms with Crippen LogP contribution in [-0.4, -0.2) is 21.4 Å². The van der Waals surface area contributed by atoms with E-state index in [9.17, 15) is 8.78 Å². The van der Waals surface area contributed by atoms with Gasteiger partial charge in [-0.2, -0.15) is 8.78 Å². The second-order valence-corrected chi connectivity index (χ2v) is 6.83. The molecule has 0 N–H and O–H groups in total. The molecule has 140 valence electrons. The third kappa shape index (κ3) is 4.95. The minimum absolute atomic E-state index is 0.109. The van der Waals surface area contributed by atoms with Crippen molar-refractivity contribution in [3.8, 4) is 17.1 Å². The minimum atomic E-state index is -2.84. The smallest absolute Gasteiger partial charge is 0.387 e. The van der Waals surface area contributed by atoms with Crippen LogP contribution in [0.15, 0.2) is 66.3 Å². The van der Waals surface area contributed by atoms with Crippen molar-refractivity contribution in [2.75, 3.05) is 0 Å². The van der Waals surface area contributed by atoms with E-state index in [0.29, 0.717) is 12.4 Å². The first-order valence-corrected chi connectivity index (χ1v) is 9.33. The van der Waals surface area contributed by atoms with Gasteiger partial charge in [-0.05, 0) is 36.8 Å². The molecule has 7 heteroatoms. The standard InChI is InChI=1S/C20H19F2N3OS/c1-3-11-25-18(16-7-9-17(10-8-16)26-19(21)22)23-24-20(25)27-13-15-6-4-5-14(2)12-15/h3-10,12,19H,1,11,13H2,2H3. The number of thioether (sulfide) groups is 1. The highest BCUT2D eigenvalue weighted by atomic mass is 32.2. The van der Waals surface area contributed by atoms with Crippen LogP contribution in [0, 0.1) is 6.92 Å². The van der Waals surface area contributed by atoms with Gasteiger partial charge in [-0.3, -0.25) is 4.57 Å². The van der Waals surface area contributed by atoms with Gasteiger partial charge in [-0.1, -0.05) is 47.7 Å². The van der Waals surface area contributed by atoms with Gasteiger partial charge in [-0.15, -0.1) is 16.8 Å². The molecule has 1 heterocycles. The molecule has 3 aromatic rings. The predicted molar refractivity (Wildman–Crippen MR) is 103 cm³/mol. The van der Waals surface area contributed by atoms with Crippen molar-refractivity contribution in [1.82, 2.24) is 14.8 Å². The van der Waals surface area contributed by atoms with Gasteiger partial charge in [0.25, 0.3) is 0 Å². The SMILES string of the molecule is C=CCn1c(SCc2cccc(C)c2)nnc1-c1ccc(OC(F)F)cc1. The number of nitrogens with zero attached hydrogens (tertiary/aromatic N) is 3. The summed E-state index contributed by atoms with van der Waals surface area (Å²) < 4.78 is 30.9. The van der Waals surface area contributed by atoms with Gasteiger partial charge in [0.05, 0.1) is 0 Å². The summed E-state index contributed by atoms with van der Waals surface area (Å²) in [6.45, 7) is 3.57. The van der Waals surface area contributed by atoms with E-state index in [4.69, 9.17) is 0 Å². The number of benzene rings is 2. The first kappa shape index (κ1) is 19.1. The van der Waals surface area contributed by atoms with Gasteiger partial charge < -0.3 is 4.74 Å². The molecule has 0 unspecified atom stereocenters. The van der Waals surface area contributed by atoms with Gasteiger partial charge in [0.2, 0.25) is 0 Å². The monoisotopic (exact) mass is 387 g/mol. The minimum Gasteiger partial charge on any atom is -0.435 e. The average Bonchev–Trinajstić information content (AvgIpc) is 3.03. The quantitative estimate of drug-likeness (QED) is 0.387. The summed E-state index contributed by atoms with van der Waals surface area (Å²) in [5.41, 5.74) is 3.20. The zero-order valence-electron chi connectivity index (χ0n) is 14.8. The number of alkyl halides is 2. The third-order valence-electron chi connectivity index (χ3n) is 3.82. The fraction of sp³-hybridized carbons (Fsp3) is 0.200. The number of hydrogen-bond acceptors (Lipinski definition) is 4. The zero-order valence-corrected chi connectivity index (χ0v) is 15.6. The summed E-state index contributed by atoms with van der Waals surface area (Å²) >= 11 is 1.59. The normalized spacial score (nSPS) is 11.0.